The Morgan fingerprint density at radius 2 is 2.10 bits per heavy atom. The van der Waals surface area contributed by atoms with Crippen LogP contribution in [0.5, 0.6) is 5.75 Å². The van der Waals surface area contributed by atoms with Crippen LogP contribution in [0.3, 0.4) is 0 Å². The lowest BCUT2D eigenvalue weighted by molar-refractivity contribution is -0.139. The molecule has 0 aliphatic carbocycles. The number of ether oxygens (including phenoxy) is 2. The third-order valence-electron chi connectivity index (χ3n) is 3.78. The van der Waals surface area contributed by atoms with Crippen molar-refractivity contribution in [3.63, 3.8) is 0 Å². The number of methoxy groups -OCH3 is 1. The fourth-order valence-corrected chi connectivity index (χ4v) is 2.72. The fourth-order valence-electron chi connectivity index (χ4n) is 2.72. The number of aliphatic carboxylic acids is 1. The van der Waals surface area contributed by atoms with Crippen LogP contribution < -0.4 is 4.74 Å². The Kier molecular flexibility index (Phi) is 6.02. The van der Waals surface area contributed by atoms with Gasteiger partial charge in [-0.2, -0.15) is 0 Å². The molecule has 1 fully saturated rings. The van der Waals surface area contributed by atoms with Crippen molar-refractivity contribution in [2.24, 2.45) is 0 Å². The number of rotatable bonds is 7. The second-order valence-electron chi connectivity index (χ2n) is 5.40. The van der Waals surface area contributed by atoms with Gasteiger partial charge in [0.15, 0.2) is 6.61 Å². The minimum atomic E-state index is -0.963. The van der Waals surface area contributed by atoms with Crippen molar-refractivity contribution in [3.05, 3.63) is 29.8 Å². The molecule has 116 valence electrons. The lowest BCUT2D eigenvalue weighted by Crippen LogP contribution is -2.41. The Balaban J connectivity index is 1.90. The van der Waals surface area contributed by atoms with E-state index in [1.54, 1.807) is 7.11 Å². The topological polar surface area (TPSA) is 59.0 Å². The SMILES string of the molecule is COC[C@H]1CCCCN1Cc1ccc(OCC(=O)O)cc1. The molecule has 0 amide bonds. The zero-order valence-electron chi connectivity index (χ0n) is 12.5. The van der Waals surface area contributed by atoms with E-state index in [2.05, 4.69) is 4.90 Å². The largest absolute Gasteiger partial charge is 0.482 e. The van der Waals surface area contributed by atoms with Gasteiger partial charge < -0.3 is 14.6 Å². The van der Waals surface area contributed by atoms with Gasteiger partial charge in [0.25, 0.3) is 0 Å². The highest BCUT2D eigenvalue weighted by molar-refractivity contribution is 5.68. The van der Waals surface area contributed by atoms with Crippen molar-refractivity contribution in [1.82, 2.24) is 4.90 Å². The molecule has 1 aliphatic rings. The lowest BCUT2D eigenvalue weighted by atomic mass is 10.0. The minimum absolute atomic E-state index is 0.304. The van der Waals surface area contributed by atoms with Crippen molar-refractivity contribution in [2.75, 3.05) is 26.9 Å². The van der Waals surface area contributed by atoms with Gasteiger partial charge in [0.1, 0.15) is 5.75 Å². The highest BCUT2D eigenvalue weighted by atomic mass is 16.5. The molecule has 1 aliphatic heterocycles. The summed E-state index contributed by atoms with van der Waals surface area (Å²) in [5.41, 5.74) is 1.21. The van der Waals surface area contributed by atoms with Crippen molar-refractivity contribution >= 4 is 5.97 Å². The molecular weight excluding hydrogens is 270 g/mol. The molecule has 0 unspecified atom stereocenters. The summed E-state index contributed by atoms with van der Waals surface area (Å²) in [4.78, 5) is 12.9. The van der Waals surface area contributed by atoms with Gasteiger partial charge in [-0.05, 0) is 37.1 Å². The predicted molar refractivity (Wildman–Crippen MR) is 79.5 cm³/mol. The third kappa shape index (κ3) is 5.02. The number of likely N-dealkylation sites (tertiary alicyclic amines) is 1. The Labute approximate surface area is 125 Å². The van der Waals surface area contributed by atoms with E-state index in [4.69, 9.17) is 14.6 Å². The molecule has 5 nitrogen and oxygen atoms in total. The number of nitrogens with zero attached hydrogens (tertiary/aromatic N) is 1. The van der Waals surface area contributed by atoms with Crippen LogP contribution in [-0.4, -0.2) is 48.9 Å². The van der Waals surface area contributed by atoms with Crippen LogP contribution in [0, 0.1) is 0 Å². The number of piperidine rings is 1. The van der Waals surface area contributed by atoms with E-state index in [0.717, 1.165) is 19.7 Å². The van der Waals surface area contributed by atoms with Crippen molar-refractivity contribution in [3.8, 4) is 5.75 Å². The summed E-state index contributed by atoms with van der Waals surface area (Å²) < 4.78 is 10.4. The zero-order valence-corrected chi connectivity index (χ0v) is 12.5. The molecule has 21 heavy (non-hydrogen) atoms. The van der Waals surface area contributed by atoms with Gasteiger partial charge >= 0.3 is 5.97 Å². The first-order chi connectivity index (χ1) is 10.2. The number of carboxylic acids is 1. The van der Waals surface area contributed by atoms with Crippen molar-refractivity contribution < 1.29 is 19.4 Å². The zero-order chi connectivity index (χ0) is 15.1. The Hall–Kier alpha value is -1.59. The van der Waals surface area contributed by atoms with Crippen molar-refractivity contribution in [2.45, 2.75) is 31.8 Å². The molecule has 1 aromatic rings. The summed E-state index contributed by atoms with van der Waals surface area (Å²) >= 11 is 0. The lowest BCUT2D eigenvalue weighted by Gasteiger charge is -2.35. The number of benzene rings is 1. The predicted octanol–water partition coefficient (Wildman–Crippen LogP) is 2.15. The van der Waals surface area contributed by atoms with Crippen molar-refractivity contribution in [1.29, 1.82) is 0 Å². The first-order valence-corrected chi connectivity index (χ1v) is 7.35. The summed E-state index contributed by atoms with van der Waals surface area (Å²) in [6.07, 6.45) is 3.69. The van der Waals surface area contributed by atoms with E-state index in [1.165, 1.54) is 24.8 Å². The molecule has 2 rings (SSSR count). The summed E-state index contributed by atoms with van der Waals surface area (Å²) in [5, 5.41) is 8.58. The minimum Gasteiger partial charge on any atom is -0.482 e. The van der Waals surface area contributed by atoms with Crippen LogP contribution in [0.2, 0.25) is 0 Å². The van der Waals surface area contributed by atoms with Crippen LogP contribution >= 0.6 is 0 Å². The van der Waals surface area contributed by atoms with Gasteiger partial charge in [-0.15, -0.1) is 0 Å². The van der Waals surface area contributed by atoms with Gasteiger partial charge in [0.2, 0.25) is 0 Å². The second-order valence-corrected chi connectivity index (χ2v) is 5.40. The van der Waals surface area contributed by atoms with E-state index in [1.807, 2.05) is 24.3 Å². The molecular formula is C16H23NO4. The maximum atomic E-state index is 10.5. The average Bonchev–Trinajstić information content (AvgIpc) is 2.49. The van der Waals surface area contributed by atoms with Gasteiger partial charge in [0, 0.05) is 19.7 Å². The summed E-state index contributed by atoms with van der Waals surface area (Å²) in [5.74, 6) is -0.372. The maximum absolute atomic E-state index is 10.5. The maximum Gasteiger partial charge on any atom is 0.341 e. The number of hydrogen-bond acceptors (Lipinski definition) is 4. The van der Waals surface area contributed by atoms with E-state index < -0.39 is 5.97 Å². The number of hydrogen-bond donors (Lipinski definition) is 1. The third-order valence-corrected chi connectivity index (χ3v) is 3.78. The summed E-state index contributed by atoms with van der Waals surface area (Å²) in [6.45, 7) is 2.47. The van der Waals surface area contributed by atoms with E-state index >= 15 is 0 Å². The first kappa shape index (κ1) is 15.8. The van der Waals surface area contributed by atoms with E-state index in [0.29, 0.717) is 11.8 Å². The highest BCUT2D eigenvalue weighted by Crippen LogP contribution is 2.21. The Morgan fingerprint density at radius 1 is 1.33 bits per heavy atom. The van der Waals surface area contributed by atoms with E-state index in [-0.39, 0.29) is 6.61 Å². The normalized spacial score (nSPS) is 19.4. The van der Waals surface area contributed by atoms with Crippen LogP contribution in [-0.2, 0) is 16.1 Å². The molecule has 1 aromatic carbocycles. The molecule has 0 bridgehead atoms. The summed E-state index contributed by atoms with van der Waals surface area (Å²) in [7, 11) is 1.75. The van der Waals surface area contributed by atoms with Crippen LogP contribution in [0.4, 0.5) is 0 Å². The fraction of sp³-hybridized carbons (Fsp3) is 0.562. The number of carboxylic acid groups (broad SMARTS) is 1. The van der Waals surface area contributed by atoms with E-state index in [9.17, 15) is 4.79 Å². The molecule has 5 heteroatoms. The second kappa shape index (κ2) is 8.00. The first-order valence-electron chi connectivity index (χ1n) is 7.35. The smallest absolute Gasteiger partial charge is 0.341 e. The average molecular weight is 293 g/mol. The van der Waals surface area contributed by atoms with Gasteiger partial charge in [-0.1, -0.05) is 18.6 Å². The Morgan fingerprint density at radius 3 is 2.76 bits per heavy atom. The van der Waals surface area contributed by atoms with Crippen LogP contribution in [0.15, 0.2) is 24.3 Å². The molecule has 1 atom stereocenters. The molecule has 1 N–H and O–H groups in total. The summed E-state index contributed by atoms with van der Waals surface area (Å²) in [6, 6.07) is 8.14. The highest BCUT2D eigenvalue weighted by Gasteiger charge is 2.22. The molecule has 0 saturated carbocycles. The van der Waals surface area contributed by atoms with Crippen LogP contribution in [0.1, 0.15) is 24.8 Å². The Bertz CT molecular complexity index is 444. The molecule has 0 radical (unpaired) electrons. The van der Waals surface area contributed by atoms with Gasteiger partial charge in [-0.3, -0.25) is 4.90 Å². The monoisotopic (exact) mass is 293 g/mol. The van der Waals surface area contributed by atoms with Crippen LogP contribution in [0.25, 0.3) is 0 Å². The standard InChI is InChI=1S/C16H23NO4/c1-20-11-14-4-2-3-9-17(14)10-13-5-7-15(8-6-13)21-12-16(18)19/h5-8,14H,2-4,9-12H2,1H3,(H,18,19)/t14-/m1/s1. The molecule has 1 saturated heterocycles. The molecule has 0 spiro atoms. The molecule has 1 heterocycles. The van der Waals surface area contributed by atoms with Gasteiger partial charge in [0.05, 0.1) is 6.61 Å². The number of carbonyl (C=O) groups is 1. The quantitative estimate of drug-likeness (QED) is 0.834. The van der Waals surface area contributed by atoms with Gasteiger partial charge in [-0.25, -0.2) is 4.79 Å². The molecule has 0 aromatic heterocycles.